The van der Waals surface area contributed by atoms with Crippen molar-refractivity contribution in [2.75, 3.05) is 9.80 Å². The van der Waals surface area contributed by atoms with Crippen molar-refractivity contribution in [3.63, 3.8) is 0 Å². The molecule has 0 heterocycles. The lowest BCUT2D eigenvalue weighted by Gasteiger charge is -2.35. The fourth-order valence-corrected chi connectivity index (χ4v) is 11.2. The second kappa shape index (κ2) is 16.7. The molecule has 0 bridgehead atoms. The molecule has 69 heavy (non-hydrogen) atoms. The molecule has 0 aliphatic heterocycles. The van der Waals surface area contributed by atoms with Crippen LogP contribution in [0.25, 0.3) is 22.3 Å². The van der Waals surface area contributed by atoms with Gasteiger partial charge in [0, 0.05) is 43.1 Å². The molecule has 0 radical (unpaired) electrons. The molecule has 0 saturated carbocycles. The maximum atomic E-state index is 3.74. The highest BCUT2D eigenvalue weighted by Crippen LogP contribution is 2.65. The third kappa shape index (κ3) is 8.20. The number of nitrogens with zero attached hydrogens (tertiary/aromatic N) is 2. The summed E-state index contributed by atoms with van der Waals surface area (Å²) in [5.74, 6) is 0. The molecule has 4 heteroatoms. The molecule has 2 nitrogen and oxygen atoms in total. The Morgan fingerprint density at radius 1 is 0.275 bits per heavy atom. The fourth-order valence-electron chi connectivity index (χ4n) is 10.7. The van der Waals surface area contributed by atoms with Gasteiger partial charge in [0.15, 0.2) is 0 Å². The van der Waals surface area contributed by atoms with Crippen LogP contribution in [-0.4, -0.2) is 0 Å². The number of rotatable bonds is 6. The first-order valence-corrected chi connectivity index (χ1v) is 26.0. The number of anilines is 6. The van der Waals surface area contributed by atoms with Crippen molar-refractivity contribution in [2.45, 2.75) is 110 Å². The van der Waals surface area contributed by atoms with Crippen LogP contribution in [0.5, 0.6) is 0 Å². The summed E-state index contributed by atoms with van der Waals surface area (Å²) >= 11 is 7.48. The molecule has 0 atom stereocenters. The summed E-state index contributed by atoms with van der Waals surface area (Å²) in [4.78, 5) is 4.87. The molecule has 8 aromatic carbocycles. The Morgan fingerprint density at radius 3 is 0.797 bits per heavy atom. The number of hydrogen-bond acceptors (Lipinski definition) is 2. The highest BCUT2D eigenvalue weighted by atomic mass is 79.9. The fraction of sp³-hybridized carbons (Fsp3) is 0.262. The van der Waals surface area contributed by atoms with Gasteiger partial charge in [0.1, 0.15) is 0 Å². The summed E-state index contributed by atoms with van der Waals surface area (Å²) in [6, 6.07) is 65.1. The average Bonchev–Trinajstić information content (AvgIpc) is 3.75. The Labute approximate surface area is 428 Å². The summed E-state index contributed by atoms with van der Waals surface area (Å²) in [6.45, 7) is 27.8. The minimum Gasteiger partial charge on any atom is -0.310 e. The van der Waals surface area contributed by atoms with Gasteiger partial charge in [-0.3, -0.25) is 0 Å². The molecule has 0 saturated heterocycles. The molecule has 0 fully saturated rings. The molecule has 0 amide bonds. The smallest absolute Gasteiger partial charge is 0.0727 e. The SMILES string of the molecule is CC(C)(C)c1ccc(N(c2ccc(Br)cc2)c2ccc3c(c2)C2(c4cc(N(c5ccc(Br)cc5)c5ccc(C(C)(C)C)cc5)ccc4-3)c3cc(C(C)(C)C)ccc3-c3ccc(C(C)(C)C)cc32)cc1. The van der Waals surface area contributed by atoms with E-state index in [0.717, 1.165) is 43.1 Å². The van der Waals surface area contributed by atoms with E-state index in [0.29, 0.717) is 0 Å². The van der Waals surface area contributed by atoms with Gasteiger partial charge in [0.2, 0.25) is 0 Å². The van der Waals surface area contributed by atoms with E-state index in [-0.39, 0.29) is 21.7 Å². The summed E-state index contributed by atoms with van der Waals surface area (Å²) in [5.41, 5.74) is 21.8. The molecule has 2 aliphatic rings. The van der Waals surface area contributed by atoms with Crippen LogP contribution in [-0.2, 0) is 27.1 Å². The normalized spacial score (nSPS) is 13.8. The second-order valence-electron chi connectivity index (χ2n) is 23.4. The van der Waals surface area contributed by atoms with E-state index in [9.17, 15) is 0 Å². The monoisotopic (exact) mass is 1030 g/mol. The van der Waals surface area contributed by atoms with Crippen LogP contribution in [0.4, 0.5) is 34.1 Å². The summed E-state index contributed by atoms with van der Waals surface area (Å²) in [7, 11) is 0. The Morgan fingerprint density at radius 2 is 0.507 bits per heavy atom. The Hall–Kier alpha value is -5.68. The summed E-state index contributed by atoms with van der Waals surface area (Å²) < 4.78 is 2.11. The van der Waals surface area contributed by atoms with Gasteiger partial charge in [0.25, 0.3) is 0 Å². The van der Waals surface area contributed by atoms with Crippen molar-refractivity contribution in [3.8, 4) is 22.3 Å². The number of fused-ring (bicyclic) bond motifs is 10. The molecule has 0 N–H and O–H groups in total. The largest absolute Gasteiger partial charge is 0.310 e. The maximum Gasteiger partial charge on any atom is 0.0727 e. The quantitative estimate of drug-likeness (QED) is 0.164. The molecule has 1 spiro atoms. The third-order valence-corrected chi connectivity index (χ3v) is 15.7. The number of hydrogen-bond donors (Lipinski definition) is 0. The van der Waals surface area contributed by atoms with Crippen molar-refractivity contribution >= 4 is 66.0 Å². The molecule has 2 aliphatic carbocycles. The van der Waals surface area contributed by atoms with E-state index in [1.54, 1.807) is 0 Å². The van der Waals surface area contributed by atoms with Crippen molar-refractivity contribution in [2.24, 2.45) is 0 Å². The zero-order chi connectivity index (χ0) is 49.0. The average molecular weight is 1030 g/mol. The predicted octanol–water partition coefficient (Wildman–Crippen LogP) is 19.7. The Bertz CT molecular complexity index is 3020. The minimum absolute atomic E-state index is 0.0371. The van der Waals surface area contributed by atoms with E-state index < -0.39 is 5.41 Å². The lowest BCUT2D eigenvalue weighted by atomic mass is 9.68. The Kier molecular flexibility index (Phi) is 11.4. The summed E-state index contributed by atoms with van der Waals surface area (Å²) in [5, 5.41) is 0. The Balaban J connectivity index is 1.29. The van der Waals surface area contributed by atoms with Crippen molar-refractivity contribution < 1.29 is 0 Å². The molecule has 348 valence electrons. The molecular formula is C65H64Br2N2. The van der Waals surface area contributed by atoms with E-state index in [1.807, 2.05) is 0 Å². The van der Waals surface area contributed by atoms with Crippen LogP contribution in [0.3, 0.4) is 0 Å². The zero-order valence-electron chi connectivity index (χ0n) is 42.3. The first-order valence-electron chi connectivity index (χ1n) is 24.5. The topological polar surface area (TPSA) is 6.48 Å². The molecule has 8 aromatic rings. The minimum atomic E-state index is -0.632. The highest BCUT2D eigenvalue weighted by molar-refractivity contribution is 9.10. The van der Waals surface area contributed by atoms with Gasteiger partial charge in [-0.15, -0.1) is 0 Å². The molecule has 0 unspecified atom stereocenters. The van der Waals surface area contributed by atoms with Crippen LogP contribution in [0.1, 0.15) is 128 Å². The lowest BCUT2D eigenvalue weighted by molar-refractivity contribution is 0.586. The van der Waals surface area contributed by atoms with Gasteiger partial charge in [-0.2, -0.15) is 0 Å². The van der Waals surface area contributed by atoms with Crippen molar-refractivity contribution in [1.29, 1.82) is 0 Å². The predicted molar refractivity (Wildman–Crippen MR) is 302 cm³/mol. The molecular weight excluding hydrogens is 969 g/mol. The van der Waals surface area contributed by atoms with Crippen molar-refractivity contribution in [3.05, 3.63) is 223 Å². The van der Waals surface area contributed by atoms with Gasteiger partial charge in [-0.1, -0.05) is 188 Å². The summed E-state index contributed by atoms with van der Waals surface area (Å²) in [6.07, 6.45) is 0. The van der Waals surface area contributed by atoms with Crippen LogP contribution in [0.2, 0.25) is 0 Å². The maximum absolute atomic E-state index is 3.74. The van der Waals surface area contributed by atoms with Gasteiger partial charge < -0.3 is 9.80 Å². The standard InChI is InChI=1S/C65H64Br2N2/c1-61(2,3)41-13-23-47(24-14-41)68(49-27-19-45(66)20-28-49)51-31-35-55-56-36-32-52(69(50-29-21-46(67)22-30-50)48-25-15-42(16-26-48)62(4,5)6)40-60(56)65(59(55)39-51)57-37-43(63(7,8)9)17-33-53(57)54-34-18-44(38-58(54)65)64(10,11)12/h13-40H,1-12H3. The number of halogens is 2. The van der Waals surface area contributed by atoms with E-state index in [2.05, 4.69) is 295 Å². The van der Waals surface area contributed by atoms with Crippen LogP contribution in [0.15, 0.2) is 179 Å². The zero-order valence-corrected chi connectivity index (χ0v) is 45.5. The van der Waals surface area contributed by atoms with Gasteiger partial charge >= 0.3 is 0 Å². The third-order valence-electron chi connectivity index (χ3n) is 14.6. The van der Waals surface area contributed by atoms with E-state index in [4.69, 9.17) is 0 Å². The second-order valence-corrected chi connectivity index (χ2v) is 25.3. The molecule has 0 aromatic heterocycles. The van der Waals surface area contributed by atoms with Gasteiger partial charge in [-0.25, -0.2) is 0 Å². The van der Waals surface area contributed by atoms with Gasteiger partial charge in [-0.05, 0) is 185 Å². The highest BCUT2D eigenvalue weighted by Gasteiger charge is 2.53. The lowest BCUT2D eigenvalue weighted by Crippen LogP contribution is -2.28. The first kappa shape index (κ1) is 47.0. The van der Waals surface area contributed by atoms with E-state index in [1.165, 1.54) is 66.8 Å². The number of benzene rings is 8. The van der Waals surface area contributed by atoms with Crippen LogP contribution >= 0.6 is 31.9 Å². The first-order chi connectivity index (χ1) is 32.5. The van der Waals surface area contributed by atoms with E-state index >= 15 is 0 Å². The van der Waals surface area contributed by atoms with Crippen LogP contribution in [0, 0.1) is 0 Å². The van der Waals surface area contributed by atoms with Crippen LogP contribution < -0.4 is 9.80 Å². The van der Waals surface area contributed by atoms with Gasteiger partial charge in [0.05, 0.1) is 5.41 Å². The molecule has 10 rings (SSSR count). The van der Waals surface area contributed by atoms with Crippen molar-refractivity contribution in [1.82, 2.24) is 0 Å².